The number of benzene rings is 2. The summed E-state index contributed by atoms with van der Waals surface area (Å²) in [5, 5.41) is 0.878. The highest BCUT2D eigenvalue weighted by atomic mass is 32.2. The highest BCUT2D eigenvalue weighted by molar-refractivity contribution is 7.90. The molecule has 0 saturated heterocycles. The van der Waals surface area contributed by atoms with E-state index in [0.29, 0.717) is 5.52 Å². The number of fused-ring (bicyclic) bond motifs is 1. The second kappa shape index (κ2) is 4.90. The monoisotopic (exact) mass is 297 g/mol. The molecule has 0 bridgehead atoms. The lowest BCUT2D eigenvalue weighted by Gasteiger charge is -2.07. The molecular weight excluding hydrogens is 282 g/mol. The van der Waals surface area contributed by atoms with Gasteiger partial charge in [0.05, 0.1) is 10.4 Å². The van der Waals surface area contributed by atoms with Crippen molar-refractivity contribution in [3.8, 4) is 0 Å². The highest BCUT2D eigenvalue weighted by Gasteiger charge is 2.20. The third-order valence-corrected chi connectivity index (χ3v) is 5.19. The summed E-state index contributed by atoms with van der Waals surface area (Å²) in [6, 6.07) is 14.3. The Hall–Kier alpha value is -2.33. The molecule has 106 valence electrons. The van der Waals surface area contributed by atoms with E-state index in [1.165, 1.54) is 3.97 Å². The maximum atomic E-state index is 12.8. The Morgan fingerprint density at radius 2 is 1.71 bits per heavy atom. The van der Waals surface area contributed by atoms with Gasteiger partial charge in [-0.25, -0.2) is 12.4 Å². The fourth-order valence-electron chi connectivity index (χ4n) is 2.36. The minimum absolute atomic E-state index is 0.282. The van der Waals surface area contributed by atoms with Gasteiger partial charge in [-0.15, -0.1) is 0 Å². The maximum Gasteiger partial charge on any atom is 0.268 e. The predicted octanol–water partition coefficient (Wildman–Crippen LogP) is 3.83. The van der Waals surface area contributed by atoms with Crippen molar-refractivity contribution in [3.05, 3.63) is 72.4 Å². The Balaban J connectivity index is 2.29. The van der Waals surface area contributed by atoms with E-state index in [4.69, 9.17) is 0 Å². The van der Waals surface area contributed by atoms with Crippen LogP contribution < -0.4 is 0 Å². The van der Waals surface area contributed by atoms with Crippen molar-refractivity contribution >= 4 is 27.0 Å². The van der Waals surface area contributed by atoms with Crippen LogP contribution in [0.2, 0.25) is 0 Å². The summed E-state index contributed by atoms with van der Waals surface area (Å²) in [5.41, 5.74) is 2.49. The molecule has 0 aliphatic carbocycles. The topological polar surface area (TPSA) is 39.1 Å². The highest BCUT2D eigenvalue weighted by Crippen LogP contribution is 2.26. The zero-order chi connectivity index (χ0) is 15.0. The van der Waals surface area contributed by atoms with Crippen molar-refractivity contribution < 1.29 is 8.42 Å². The van der Waals surface area contributed by atoms with E-state index in [9.17, 15) is 8.42 Å². The average molecular weight is 297 g/mol. The molecule has 3 nitrogen and oxygen atoms in total. The van der Waals surface area contributed by atoms with E-state index in [1.54, 1.807) is 42.6 Å². The van der Waals surface area contributed by atoms with Crippen LogP contribution in [0.1, 0.15) is 11.1 Å². The Bertz CT molecular complexity index is 919. The van der Waals surface area contributed by atoms with Crippen LogP contribution in [0.15, 0.2) is 66.2 Å². The van der Waals surface area contributed by atoms with Gasteiger partial charge < -0.3 is 0 Å². The zero-order valence-electron chi connectivity index (χ0n) is 11.7. The Morgan fingerprint density at radius 1 is 1.05 bits per heavy atom. The lowest BCUT2D eigenvalue weighted by Crippen LogP contribution is -2.11. The van der Waals surface area contributed by atoms with Crippen LogP contribution in [0.5, 0.6) is 0 Å². The molecule has 0 aliphatic heterocycles. The summed E-state index contributed by atoms with van der Waals surface area (Å²) in [5.74, 6) is 0. The average Bonchev–Trinajstić information content (AvgIpc) is 2.87. The summed E-state index contributed by atoms with van der Waals surface area (Å²) in [4.78, 5) is 0.282. The molecule has 0 unspecified atom stereocenters. The number of nitrogens with zero attached hydrogens (tertiary/aromatic N) is 1. The molecule has 0 radical (unpaired) electrons. The summed E-state index contributed by atoms with van der Waals surface area (Å²) in [6.45, 7) is 5.68. The van der Waals surface area contributed by atoms with Crippen LogP contribution in [0.3, 0.4) is 0 Å². The van der Waals surface area contributed by atoms with Crippen molar-refractivity contribution in [2.75, 3.05) is 0 Å². The molecule has 0 fully saturated rings. The first-order chi connectivity index (χ1) is 10.0. The van der Waals surface area contributed by atoms with Gasteiger partial charge in [0.1, 0.15) is 0 Å². The summed E-state index contributed by atoms with van der Waals surface area (Å²) < 4.78 is 27.0. The number of aryl methyl sites for hydroxylation is 1. The quantitative estimate of drug-likeness (QED) is 0.737. The van der Waals surface area contributed by atoms with Crippen LogP contribution in [0.25, 0.3) is 17.0 Å². The Morgan fingerprint density at radius 3 is 2.38 bits per heavy atom. The first-order valence-corrected chi connectivity index (χ1v) is 8.03. The normalized spacial score (nSPS) is 11.7. The van der Waals surface area contributed by atoms with Gasteiger partial charge >= 0.3 is 0 Å². The molecule has 0 saturated carbocycles. The van der Waals surface area contributed by atoms with Crippen LogP contribution in [0.4, 0.5) is 0 Å². The van der Waals surface area contributed by atoms with Gasteiger partial charge in [-0.05, 0) is 25.1 Å². The fourth-order valence-corrected chi connectivity index (χ4v) is 3.74. The first-order valence-electron chi connectivity index (χ1n) is 6.59. The Labute approximate surface area is 124 Å². The molecule has 4 heteroatoms. The molecule has 0 atom stereocenters. The molecule has 1 heterocycles. The molecule has 0 spiro atoms. The summed E-state index contributed by atoms with van der Waals surface area (Å²) in [6.07, 6.45) is 3.29. The van der Waals surface area contributed by atoms with Crippen LogP contribution >= 0.6 is 0 Å². The summed E-state index contributed by atoms with van der Waals surface area (Å²) >= 11 is 0. The van der Waals surface area contributed by atoms with Gasteiger partial charge in [-0.3, -0.25) is 0 Å². The minimum atomic E-state index is -3.60. The molecule has 0 amide bonds. The third-order valence-electron chi connectivity index (χ3n) is 3.51. The van der Waals surface area contributed by atoms with Gasteiger partial charge in [0.25, 0.3) is 10.0 Å². The van der Waals surface area contributed by atoms with E-state index >= 15 is 0 Å². The van der Waals surface area contributed by atoms with Gasteiger partial charge in [0.2, 0.25) is 0 Å². The van der Waals surface area contributed by atoms with Crippen molar-refractivity contribution in [2.24, 2.45) is 0 Å². The number of aromatic nitrogens is 1. The smallest absolute Gasteiger partial charge is 0.241 e. The van der Waals surface area contributed by atoms with Gasteiger partial charge in [0.15, 0.2) is 0 Å². The molecule has 21 heavy (non-hydrogen) atoms. The van der Waals surface area contributed by atoms with Crippen molar-refractivity contribution in [1.82, 2.24) is 3.97 Å². The van der Waals surface area contributed by atoms with Crippen molar-refractivity contribution in [1.29, 1.82) is 0 Å². The second-order valence-electron chi connectivity index (χ2n) is 4.92. The minimum Gasteiger partial charge on any atom is -0.241 e. The van der Waals surface area contributed by atoms with E-state index in [2.05, 4.69) is 6.58 Å². The summed E-state index contributed by atoms with van der Waals surface area (Å²) in [7, 11) is -3.60. The molecule has 2 aromatic carbocycles. The van der Waals surface area contributed by atoms with Crippen LogP contribution in [-0.4, -0.2) is 12.4 Å². The molecule has 3 aromatic rings. The van der Waals surface area contributed by atoms with E-state index in [0.717, 1.165) is 16.5 Å². The van der Waals surface area contributed by atoms with Crippen molar-refractivity contribution in [3.63, 3.8) is 0 Å². The maximum absolute atomic E-state index is 12.8. The number of hydrogen-bond donors (Lipinski definition) is 0. The van der Waals surface area contributed by atoms with E-state index < -0.39 is 10.0 Å². The van der Waals surface area contributed by atoms with Gasteiger partial charge in [-0.2, -0.15) is 0 Å². The third kappa shape index (κ3) is 2.17. The van der Waals surface area contributed by atoms with Crippen molar-refractivity contribution in [2.45, 2.75) is 11.8 Å². The largest absolute Gasteiger partial charge is 0.268 e. The van der Waals surface area contributed by atoms with E-state index in [-0.39, 0.29) is 4.90 Å². The van der Waals surface area contributed by atoms with E-state index in [1.807, 2.05) is 25.1 Å². The molecule has 0 aliphatic rings. The molecule has 3 rings (SSSR count). The first kappa shape index (κ1) is 13.6. The zero-order valence-corrected chi connectivity index (χ0v) is 12.5. The molecular formula is C17H15NO2S. The molecule has 0 N–H and O–H groups in total. The number of para-hydroxylation sites is 1. The van der Waals surface area contributed by atoms with Gasteiger partial charge in [0, 0.05) is 17.1 Å². The predicted molar refractivity (Wildman–Crippen MR) is 85.8 cm³/mol. The lowest BCUT2D eigenvalue weighted by atomic mass is 10.2. The lowest BCUT2D eigenvalue weighted by molar-refractivity contribution is 0.589. The second-order valence-corrected chi connectivity index (χ2v) is 6.73. The SMILES string of the molecule is C=Cc1cn(S(=O)(=O)c2ccc(C)cc2)c2ccccc12. The standard InChI is InChI=1S/C17H15NO2S/c1-3-14-12-18(17-7-5-4-6-16(14)17)21(19,20)15-10-8-13(2)9-11-15/h3-12H,1H2,2H3. The Kier molecular flexibility index (Phi) is 3.18. The molecule has 1 aromatic heterocycles. The van der Waals surface area contributed by atoms with Gasteiger partial charge in [-0.1, -0.05) is 48.6 Å². The number of hydrogen-bond acceptors (Lipinski definition) is 2. The van der Waals surface area contributed by atoms with Crippen LogP contribution in [0, 0.1) is 6.92 Å². The fraction of sp³-hybridized carbons (Fsp3) is 0.0588. The number of rotatable bonds is 3. The van der Waals surface area contributed by atoms with Crippen LogP contribution in [-0.2, 0) is 10.0 Å².